The molecule has 1 aliphatic rings. The van der Waals surface area contributed by atoms with Gasteiger partial charge in [-0.25, -0.2) is 0 Å². The van der Waals surface area contributed by atoms with Gasteiger partial charge in [-0.15, -0.1) is 11.3 Å². The highest BCUT2D eigenvalue weighted by molar-refractivity contribution is 9.11. The zero-order chi connectivity index (χ0) is 13.2. The van der Waals surface area contributed by atoms with E-state index in [-0.39, 0.29) is 5.91 Å². The van der Waals surface area contributed by atoms with E-state index in [0.29, 0.717) is 4.88 Å². The van der Waals surface area contributed by atoms with Crippen LogP contribution in [0.1, 0.15) is 41.8 Å². The molecule has 96 valence electrons. The molecule has 0 aliphatic heterocycles. The quantitative estimate of drug-likeness (QED) is 0.829. The summed E-state index contributed by atoms with van der Waals surface area (Å²) >= 11 is 4.77. The van der Waals surface area contributed by atoms with E-state index in [1.807, 2.05) is 12.1 Å². The SMILES string of the molecule is CN(C(=O)c1ccc(Br)s1)C1(C#N)CCCCC1. The molecule has 1 amide bonds. The number of carbonyl (C=O) groups excluding carboxylic acids is 1. The number of thiophene rings is 1. The molecule has 5 heteroatoms. The molecule has 0 bridgehead atoms. The summed E-state index contributed by atoms with van der Waals surface area (Å²) in [7, 11) is 1.75. The predicted octanol–water partition coefficient (Wildman–Crippen LogP) is 3.81. The van der Waals surface area contributed by atoms with Gasteiger partial charge in [0.2, 0.25) is 0 Å². The van der Waals surface area contributed by atoms with E-state index in [4.69, 9.17) is 0 Å². The zero-order valence-corrected chi connectivity index (χ0v) is 12.7. The Bertz CT molecular complexity index is 485. The van der Waals surface area contributed by atoms with Crippen LogP contribution in [0.5, 0.6) is 0 Å². The van der Waals surface area contributed by atoms with Crippen LogP contribution in [0.4, 0.5) is 0 Å². The topological polar surface area (TPSA) is 44.1 Å². The first-order valence-corrected chi connectivity index (χ1v) is 7.65. The third-order valence-corrected chi connectivity index (χ3v) is 5.23. The molecule has 0 spiro atoms. The highest BCUT2D eigenvalue weighted by Gasteiger charge is 2.39. The molecule has 3 nitrogen and oxygen atoms in total. The van der Waals surface area contributed by atoms with Crippen molar-refractivity contribution in [3.63, 3.8) is 0 Å². The summed E-state index contributed by atoms with van der Waals surface area (Å²) in [5.41, 5.74) is -0.605. The van der Waals surface area contributed by atoms with Crippen molar-refractivity contribution in [2.45, 2.75) is 37.6 Å². The Morgan fingerprint density at radius 3 is 2.61 bits per heavy atom. The highest BCUT2D eigenvalue weighted by Crippen LogP contribution is 2.34. The van der Waals surface area contributed by atoms with Crippen LogP contribution in [-0.4, -0.2) is 23.4 Å². The third-order valence-electron chi connectivity index (χ3n) is 3.62. The average Bonchev–Trinajstić information content (AvgIpc) is 2.84. The van der Waals surface area contributed by atoms with Gasteiger partial charge in [-0.05, 0) is 40.9 Å². The largest absolute Gasteiger partial charge is 0.322 e. The van der Waals surface area contributed by atoms with Gasteiger partial charge in [0.1, 0.15) is 5.54 Å². The van der Waals surface area contributed by atoms with E-state index in [2.05, 4.69) is 22.0 Å². The molecule has 2 rings (SSSR count). The van der Waals surface area contributed by atoms with Gasteiger partial charge in [0.15, 0.2) is 0 Å². The Hall–Kier alpha value is -0.860. The maximum atomic E-state index is 12.4. The van der Waals surface area contributed by atoms with Crippen LogP contribution in [0.2, 0.25) is 0 Å². The second-order valence-corrected chi connectivity index (χ2v) is 7.13. The van der Waals surface area contributed by atoms with Gasteiger partial charge >= 0.3 is 0 Å². The van der Waals surface area contributed by atoms with Crippen LogP contribution in [0, 0.1) is 11.3 Å². The number of nitriles is 1. The first-order chi connectivity index (χ1) is 8.59. The summed E-state index contributed by atoms with van der Waals surface area (Å²) in [6.45, 7) is 0. The highest BCUT2D eigenvalue weighted by atomic mass is 79.9. The van der Waals surface area contributed by atoms with E-state index >= 15 is 0 Å². The number of rotatable bonds is 2. The molecule has 1 aromatic rings. The Morgan fingerprint density at radius 2 is 2.11 bits per heavy atom. The fourth-order valence-corrected chi connectivity index (χ4v) is 3.81. The third kappa shape index (κ3) is 2.45. The molecule has 1 saturated carbocycles. The van der Waals surface area contributed by atoms with Crippen molar-refractivity contribution in [3.05, 3.63) is 20.8 Å². The van der Waals surface area contributed by atoms with E-state index in [1.54, 1.807) is 11.9 Å². The molecule has 1 fully saturated rings. The van der Waals surface area contributed by atoms with Crippen LogP contribution in [0.25, 0.3) is 0 Å². The Labute approximate surface area is 120 Å². The minimum Gasteiger partial charge on any atom is -0.322 e. The minimum atomic E-state index is -0.605. The van der Waals surface area contributed by atoms with Gasteiger partial charge in [0, 0.05) is 7.05 Å². The molecule has 0 unspecified atom stereocenters. The first-order valence-electron chi connectivity index (χ1n) is 6.04. The Balaban J connectivity index is 2.21. The molecule has 0 N–H and O–H groups in total. The number of carbonyl (C=O) groups is 1. The van der Waals surface area contributed by atoms with Gasteiger partial charge in [-0.3, -0.25) is 4.79 Å². The monoisotopic (exact) mass is 326 g/mol. The second kappa shape index (κ2) is 5.41. The summed E-state index contributed by atoms with van der Waals surface area (Å²) in [5, 5.41) is 9.46. The second-order valence-electron chi connectivity index (χ2n) is 4.67. The molecule has 18 heavy (non-hydrogen) atoms. The molecule has 0 radical (unpaired) electrons. The number of hydrogen-bond acceptors (Lipinski definition) is 3. The van der Waals surface area contributed by atoms with Crippen molar-refractivity contribution < 1.29 is 4.79 Å². The van der Waals surface area contributed by atoms with Gasteiger partial charge in [-0.2, -0.15) is 5.26 Å². The van der Waals surface area contributed by atoms with E-state index in [9.17, 15) is 10.1 Å². The van der Waals surface area contributed by atoms with Gasteiger partial charge < -0.3 is 4.90 Å². The standard InChI is InChI=1S/C13H15BrN2OS/c1-16(12(17)10-5-6-11(14)18-10)13(9-15)7-3-2-4-8-13/h5-6H,2-4,7-8H2,1H3. The van der Waals surface area contributed by atoms with E-state index in [0.717, 1.165) is 35.9 Å². The summed E-state index contributed by atoms with van der Waals surface area (Å²) in [6, 6.07) is 6.05. The van der Waals surface area contributed by atoms with Crippen LogP contribution >= 0.6 is 27.3 Å². The van der Waals surface area contributed by atoms with Crippen molar-refractivity contribution >= 4 is 33.2 Å². The van der Waals surface area contributed by atoms with Crippen LogP contribution in [-0.2, 0) is 0 Å². The smallest absolute Gasteiger partial charge is 0.264 e. The Morgan fingerprint density at radius 1 is 1.44 bits per heavy atom. The lowest BCUT2D eigenvalue weighted by Gasteiger charge is -2.38. The maximum Gasteiger partial charge on any atom is 0.264 e. The van der Waals surface area contributed by atoms with Gasteiger partial charge in [-0.1, -0.05) is 19.3 Å². The van der Waals surface area contributed by atoms with E-state index < -0.39 is 5.54 Å². The Kier molecular flexibility index (Phi) is 4.08. The van der Waals surface area contributed by atoms with Crippen LogP contribution in [0.15, 0.2) is 15.9 Å². The number of halogens is 1. The van der Waals surface area contributed by atoms with E-state index in [1.165, 1.54) is 11.3 Å². The van der Waals surface area contributed by atoms with Gasteiger partial charge in [0.05, 0.1) is 14.7 Å². The molecule has 1 aromatic heterocycles. The number of amides is 1. The summed E-state index contributed by atoms with van der Waals surface area (Å²) in [5.74, 6) is -0.0471. The number of hydrogen-bond donors (Lipinski definition) is 0. The summed E-state index contributed by atoms with van der Waals surface area (Å²) < 4.78 is 0.939. The molecular weight excluding hydrogens is 312 g/mol. The normalized spacial score (nSPS) is 18.1. The maximum absolute atomic E-state index is 12.4. The molecule has 0 saturated heterocycles. The van der Waals surface area contributed by atoms with Gasteiger partial charge in [0.25, 0.3) is 5.91 Å². The minimum absolute atomic E-state index is 0.0471. The van der Waals surface area contributed by atoms with Crippen LogP contribution in [0.3, 0.4) is 0 Å². The fourth-order valence-electron chi connectivity index (χ4n) is 2.45. The van der Waals surface area contributed by atoms with Crippen molar-refractivity contribution in [1.29, 1.82) is 5.26 Å². The molecule has 1 aliphatic carbocycles. The zero-order valence-electron chi connectivity index (χ0n) is 10.3. The molecule has 0 atom stereocenters. The fraction of sp³-hybridized carbons (Fsp3) is 0.538. The average molecular weight is 327 g/mol. The predicted molar refractivity (Wildman–Crippen MR) is 75.5 cm³/mol. The van der Waals surface area contributed by atoms with Crippen molar-refractivity contribution in [2.75, 3.05) is 7.05 Å². The summed E-state index contributed by atoms with van der Waals surface area (Å²) in [4.78, 5) is 14.7. The molecular formula is C13H15BrN2OS. The molecule has 1 heterocycles. The molecule has 0 aromatic carbocycles. The van der Waals surface area contributed by atoms with Crippen molar-refractivity contribution in [1.82, 2.24) is 4.90 Å². The van der Waals surface area contributed by atoms with Crippen molar-refractivity contribution in [3.8, 4) is 6.07 Å². The first kappa shape index (κ1) is 13.6. The lowest BCUT2D eigenvalue weighted by molar-refractivity contribution is 0.0594. The number of nitrogens with zero attached hydrogens (tertiary/aromatic N) is 2. The summed E-state index contributed by atoms with van der Waals surface area (Å²) in [6.07, 6.45) is 4.80. The lowest BCUT2D eigenvalue weighted by atomic mass is 9.81. The lowest BCUT2D eigenvalue weighted by Crippen LogP contribution is -2.49. The van der Waals surface area contributed by atoms with Crippen LogP contribution < -0.4 is 0 Å². The van der Waals surface area contributed by atoms with Crippen molar-refractivity contribution in [2.24, 2.45) is 0 Å².